The Morgan fingerprint density at radius 2 is 2.19 bits per heavy atom. The predicted octanol–water partition coefficient (Wildman–Crippen LogP) is 2.00. The number of carbonyl (C=O) groups is 1. The van der Waals surface area contributed by atoms with Crippen molar-refractivity contribution in [1.29, 1.82) is 0 Å². The molecule has 1 aromatic carbocycles. The maximum absolute atomic E-state index is 13.7. The van der Waals surface area contributed by atoms with Gasteiger partial charge in [-0.1, -0.05) is 6.92 Å². The third-order valence-electron chi connectivity index (χ3n) is 2.95. The molecule has 0 spiro atoms. The molecule has 2 N–H and O–H groups in total. The third kappa shape index (κ3) is 4.48. The van der Waals surface area contributed by atoms with Gasteiger partial charge >= 0.3 is 5.97 Å². The molecule has 2 unspecified atom stereocenters. The number of rotatable bonds is 7. The van der Waals surface area contributed by atoms with E-state index in [1.165, 1.54) is 0 Å². The molecule has 0 aromatic heterocycles. The summed E-state index contributed by atoms with van der Waals surface area (Å²) in [6.07, 6.45) is 2.04. The Labute approximate surface area is 122 Å². The number of carboxylic acids is 1. The molecule has 0 amide bonds. The standard InChI is InChI=1S/C12H15FN2O5S/c1-7(21(2)20)3-4-14-10-5-8(12(16)17)11(15(18)19)6-9(10)13/h5-7,14H,3-4H2,1-2H3,(H,16,17). The van der Waals surface area contributed by atoms with E-state index < -0.39 is 38.8 Å². The molecule has 0 fully saturated rings. The van der Waals surface area contributed by atoms with Crippen LogP contribution in [-0.2, 0) is 10.8 Å². The van der Waals surface area contributed by atoms with E-state index in [0.717, 1.165) is 6.07 Å². The smallest absolute Gasteiger partial charge is 0.342 e. The number of halogens is 1. The molecule has 0 heterocycles. The maximum Gasteiger partial charge on any atom is 0.342 e. The van der Waals surface area contributed by atoms with E-state index in [1.54, 1.807) is 13.2 Å². The summed E-state index contributed by atoms with van der Waals surface area (Å²) in [4.78, 5) is 20.7. The van der Waals surface area contributed by atoms with Gasteiger partial charge in [-0.2, -0.15) is 0 Å². The van der Waals surface area contributed by atoms with Gasteiger partial charge < -0.3 is 10.4 Å². The molecule has 9 heteroatoms. The van der Waals surface area contributed by atoms with Gasteiger partial charge in [0.25, 0.3) is 5.69 Å². The zero-order valence-corrected chi connectivity index (χ0v) is 12.3. The van der Waals surface area contributed by atoms with Crippen molar-refractivity contribution in [2.45, 2.75) is 18.6 Å². The molecule has 2 atom stereocenters. The molecule has 0 saturated heterocycles. The van der Waals surface area contributed by atoms with Crippen LogP contribution in [0.5, 0.6) is 0 Å². The first-order chi connectivity index (χ1) is 9.73. The van der Waals surface area contributed by atoms with E-state index in [9.17, 15) is 23.5 Å². The summed E-state index contributed by atoms with van der Waals surface area (Å²) >= 11 is 0. The highest BCUT2D eigenvalue weighted by atomic mass is 32.2. The van der Waals surface area contributed by atoms with Crippen LogP contribution in [-0.4, -0.2) is 38.3 Å². The van der Waals surface area contributed by atoms with E-state index in [2.05, 4.69) is 5.32 Å². The zero-order chi connectivity index (χ0) is 16.2. The second-order valence-corrected chi connectivity index (χ2v) is 6.24. The van der Waals surface area contributed by atoms with Gasteiger partial charge in [0.15, 0.2) is 5.82 Å². The molecule has 0 saturated carbocycles. The highest BCUT2D eigenvalue weighted by molar-refractivity contribution is 7.84. The Bertz CT molecular complexity index is 593. The van der Waals surface area contributed by atoms with Crippen molar-refractivity contribution in [2.24, 2.45) is 0 Å². The van der Waals surface area contributed by atoms with Crippen LogP contribution in [0.4, 0.5) is 15.8 Å². The number of nitro benzene ring substituents is 1. The minimum atomic E-state index is -1.51. The first kappa shape index (κ1) is 17.0. The fraction of sp³-hybridized carbons (Fsp3) is 0.417. The summed E-state index contributed by atoms with van der Waals surface area (Å²) in [5, 5.41) is 22.2. The predicted molar refractivity (Wildman–Crippen MR) is 76.6 cm³/mol. The third-order valence-corrected chi connectivity index (χ3v) is 4.31. The number of nitro groups is 1. The molecule has 0 radical (unpaired) electrons. The van der Waals surface area contributed by atoms with Gasteiger partial charge in [-0.25, -0.2) is 9.18 Å². The summed E-state index contributed by atoms with van der Waals surface area (Å²) in [6, 6.07) is 1.47. The lowest BCUT2D eigenvalue weighted by Crippen LogP contribution is -2.15. The van der Waals surface area contributed by atoms with Gasteiger partial charge in [0.05, 0.1) is 16.7 Å². The van der Waals surface area contributed by atoms with Crippen LogP contribution in [0.2, 0.25) is 0 Å². The first-order valence-electron chi connectivity index (χ1n) is 6.01. The van der Waals surface area contributed by atoms with Crippen LogP contribution < -0.4 is 5.32 Å². The molecule has 116 valence electrons. The monoisotopic (exact) mass is 318 g/mol. The Balaban J connectivity index is 2.93. The van der Waals surface area contributed by atoms with Gasteiger partial charge in [0.1, 0.15) is 5.56 Å². The van der Waals surface area contributed by atoms with Crippen molar-refractivity contribution in [3.8, 4) is 0 Å². The molecular formula is C12H15FN2O5S. The number of nitrogens with one attached hydrogen (secondary N) is 1. The lowest BCUT2D eigenvalue weighted by Gasteiger charge is -2.11. The lowest BCUT2D eigenvalue weighted by molar-refractivity contribution is -0.385. The highest BCUT2D eigenvalue weighted by Gasteiger charge is 2.23. The van der Waals surface area contributed by atoms with Crippen LogP contribution in [0.1, 0.15) is 23.7 Å². The van der Waals surface area contributed by atoms with Crippen LogP contribution in [0.15, 0.2) is 12.1 Å². The van der Waals surface area contributed by atoms with E-state index in [4.69, 9.17) is 5.11 Å². The number of nitrogens with zero attached hydrogens (tertiary/aromatic N) is 1. The summed E-state index contributed by atoms with van der Waals surface area (Å²) in [5.41, 5.74) is -1.52. The van der Waals surface area contributed by atoms with E-state index in [1.807, 2.05) is 0 Å². The van der Waals surface area contributed by atoms with Crippen molar-refractivity contribution in [3.63, 3.8) is 0 Å². The largest absolute Gasteiger partial charge is 0.477 e. The number of hydrogen-bond donors (Lipinski definition) is 2. The normalized spacial score (nSPS) is 13.5. The molecule has 1 aromatic rings. The summed E-state index contributed by atoms with van der Waals surface area (Å²) in [5.74, 6) is -2.41. The van der Waals surface area contributed by atoms with Crippen LogP contribution in [0.3, 0.4) is 0 Å². The molecule has 0 aliphatic carbocycles. The molecule has 0 bridgehead atoms. The minimum absolute atomic E-state index is 0.0995. The van der Waals surface area contributed by atoms with Gasteiger partial charge in [-0.05, 0) is 12.5 Å². The van der Waals surface area contributed by atoms with Crippen LogP contribution >= 0.6 is 0 Å². The van der Waals surface area contributed by atoms with Gasteiger partial charge in [-0.3, -0.25) is 14.3 Å². The molecular weight excluding hydrogens is 303 g/mol. The van der Waals surface area contributed by atoms with Crippen LogP contribution in [0, 0.1) is 15.9 Å². The Kier molecular flexibility index (Phi) is 5.77. The molecule has 21 heavy (non-hydrogen) atoms. The molecule has 0 aliphatic rings. The van der Waals surface area contributed by atoms with Crippen molar-refractivity contribution < 1.29 is 23.4 Å². The zero-order valence-electron chi connectivity index (χ0n) is 11.5. The Hall–Kier alpha value is -2.03. The first-order valence-corrected chi connectivity index (χ1v) is 7.63. The number of aromatic carboxylic acids is 1. The Morgan fingerprint density at radius 1 is 1.57 bits per heavy atom. The van der Waals surface area contributed by atoms with Gasteiger partial charge in [0.2, 0.25) is 0 Å². The quantitative estimate of drug-likeness (QED) is 0.588. The molecule has 7 nitrogen and oxygen atoms in total. The number of benzene rings is 1. The molecule has 0 aliphatic heterocycles. The SMILES string of the molecule is CC(CCNc1cc(C(=O)O)c([N+](=O)[O-])cc1F)S(C)=O. The summed E-state index contributed by atoms with van der Waals surface area (Å²) in [7, 11) is -1.01. The van der Waals surface area contributed by atoms with Crippen LogP contribution in [0.25, 0.3) is 0 Å². The maximum atomic E-state index is 13.7. The van der Waals surface area contributed by atoms with Gasteiger partial charge in [-0.15, -0.1) is 0 Å². The Morgan fingerprint density at radius 3 is 2.67 bits per heavy atom. The second kappa shape index (κ2) is 7.11. The lowest BCUT2D eigenvalue weighted by atomic mass is 10.1. The fourth-order valence-electron chi connectivity index (χ4n) is 1.60. The van der Waals surface area contributed by atoms with E-state index in [-0.39, 0.29) is 17.5 Å². The minimum Gasteiger partial charge on any atom is -0.477 e. The van der Waals surface area contributed by atoms with E-state index in [0.29, 0.717) is 12.5 Å². The molecule has 1 rings (SSSR count). The fourth-order valence-corrected chi connectivity index (χ4v) is 2.05. The average molecular weight is 318 g/mol. The number of anilines is 1. The topological polar surface area (TPSA) is 110 Å². The summed E-state index contributed by atoms with van der Waals surface area (Å²) in [6.45, 7) is 2.04. The summed E-state index contributed by atoms with van der Waals surface area (Å²) < 4.78 is 24.9. The van der Waals surface area contributed by atoms with Crippen molar-refractivity contribution in [2.75, 3.05) is 18.1 Å². The van der Waals surface area contributed by atoms with E-state index >= 15 is 0 Å². The van der Waals surface area contributed by atoms with Crippen molar-refractivity contribution in [1.82, 2.24) is 0 Å². The van der Waals surface area contributed by atoms with Crippen molar-refractivity contribution in [3.05, 3.63) is 33.6 Å². The number of carboxylic acid groups (broad SMARTS) is 1. The average Bonchev–Trinajstić information content (AvgIpc) is 2.39. The number of hydrogen-bond acceptors (Lipinski definition) is 5. The second-order valence-electron chi connectivity index (χ2n) is 4.44. The van der Waals surface area contributed by atoms with Gasteiger partial charge in [0, 0.05) is 28.9 Å². The highest BCUT2D eigenvalue weighted by Crippen LogP contribution is 2.26. The van der Waals surface area contributed by atoms with Crippen molar-refractivity contribution >= 4 is 28.1 Å².